The van der Waals surface area contributed by atoms with E-state index in [1.165, 1.54) is 12.8 Å². The maximum Gasteiger partial charge on any atom is 0.417 e. The zero-order valence-electron chi connectivity index (χ0n) is 11.3. The van der Waals surface area contributed by atoms with Crippen molar-refractivity contribution in [3.63, 3.8) is 0 Å². The number of halogens is 4. The molecule has 1 saturated carbocycles. The van der Waals surface area contributed by atoms with Gasteiger partial charge in [0.25, 0.3) is 0 Å². The number of likely N-dealkylation sites (N-methyl/N-ethyl adjacent to an activating group) is 1. The van der Waals surface area contributed by atoms with E-state index in [1.807, 2.05) is 14.1 Å². The van der Waals surface area contributed by atoms with E-state index >= 15 is 0 Å². The zero-order chi connectivity index (χ0) is 14.9. The summed E-state index contributed by atoms with van der Waals surface area (Å²) >= 11 is 5.86. The van der Waals surface area contributed by atoms with Crippen molar-refractivity contribution in [1.82, 2.24) is 9.88 Å². The molecule has 0 spiro atoms. The van der Waals surface area contributed by atoms with Crippen LogP contribution in [0.3, 0.4) is 0 Å². The predicted octanol–water partition coefficient (Wildman–Crippen LogP) is 3.51. The van der Waals surface area contributed by atoms with Crippen LogP contribution in [0.2, 0.25) is 5.02 Å². The molecule has 0 aromatic carbocycles. The van der Waals surface area contributed by atoms with Crippen LogP contribution in [0.15, 0.2) is 12.3 Å². The highest BCUT2D eigenvalue weighted by molar-refractivity contribution is 6.32. The molecule has 1 aliphatic carbocycles. The first-order valence-electron chi connectivity index (χ1n) is 6.42. The highest BCUT2D eigenvalue weighted by atomic mass is 35.5. The molecule has 0 bridgehead atoms. The van der Waals surface area contributed by atoms with E-state index in [2.05, 4.69) is 15.2 Å². The third kappa shape index (κ3) is 3.76. The second-order valence-electron chi connectivity index (χ2n) is 5.30. The standard InChI is InChI=1S/C13H17ClF3N3/c1-20(2)11(8-3-4-8)7-19-12-10(14)5-9(6-18-12)13(15,16)17/h5-6,8,11H,3-4,7H2,1-2H3,(H,18,19). The topological polar surface area (TPSA) is 28.2 Å². The maximum absolute atomic E-state index is 12.5. The van der Waals surface area contributed by atoms with E-state index in [0.717, 1.165) is 12.3 Å². The summed E-state index contributed by atoms with van der Waals surface area (Å²) in [7, 11) is 3.99. The Bertz CT molecular complexity index is 470. The monoisotopic (exact) mass is 307 g/mol. The second kappa shape index (κ2) is 5.77. The minimum atomic E-state index is -4.42. The van der Waals surface area contributed by atoms with Gasteiger partial charge in [-0.05, 0) is 38.9 Å². The third-order valence-electron chi connectivity index (χ3n) is 3.48. The molecule has 3 nitrogen and oxygen atoms in total. The summed E-state index contributed by atoms with van der Waals surface area (Å²) in [5.74, 6) is 0.942. The molecule has 0 saturated heterocycles. The zero-order valence-corrected chi connectivity index (χ0v) is 12.1. The Balaban J connectivity index is 2.02. The molecule has 1 heterocycles. The fraction of sp³-hybridized carbons (Fsp3) is 0.615. The Morgan fingerprint density at radius 3 is 2.55 bits per heavy atom. The second-order valence-corrected chi connectivity index (χ2v) is 5.71. The minimum Gasteiger partial charge on any atom is -0.367 e. The average molecular weight is 308 g/mol. The van der Waals surface area contributed by atoms with E-state index in [0.29, 0.717) is 24.3 Å². The average Bonchev–Trinajstić information content (AvgIpc) is 3.13. The quantitative estimate of drug-likeness (QED) is 0.902. The number of pyridine rings is 1. The first-order chi connectivity index (χ1) is 9.29. The smallest absolute Gasteiger partial charge is 0.367 e. The molecule has 7 heteroatoms. The Kier molecular flexibility index (Phi) is 4.44. The molecule has 112 valence electrons. The summed E-state index contributed by atoms with van der Waals surface area (Å²) in [6.45, 7) is 0.621. The summed E-state index contributed by atoms with van der Waals surface area (Å²) in [6.07, 6.45) is -1.23. The number of nitrogens with one attached hydrogen (secondary N) is 1. The number of hydrogen-bond acceptors (Lipinski definition) is 3. The molecule has 1 fully saturated rings. The SMILES string of the molecule is CN(C)C(CNc1ncc(C(F)(F)F)cc1Cl)C1CC1. The Labute approximate surface area is 121 Å². The van der Waals surface area contributed by atoms with Crippen LogP contribution in [-0.2, 0) is 6.18 Å². The van der Waals surface area contributed by atoms with Gasteiger partial charge in [0.2, 0.25) is 0 Å². The van der Waals surface area contributed by atoms with Crippen molar-refractivity contribution in [2.24, 2.45) is 5.92 Å². The van der Waals surface area contributed by atoms with Gasteiger partial charge in [-0.15, -0.1) is 0 Å². The Hall–Kier alpha value is -1.01. The molecule has 1 aliphatic rings. The van der Waals surface area contributed by atoms with Gasteiger partial charge in [0.05, 0.1) is 10.6 Å². The van der Waals surface area contributed by atoms with Gasteiger partial charge in [0.1, 0.15) is 5.82 Å². The van der Waals surface area contributed by atoms with Crippen molar-refractivity contribution in [2.45, 2.75) is 25.1 Å². The van der Waals surface area contributed by atoms with Crippen molar-refractivity contribution in [3.05, 3.63) is 22.8 Å². The summed E-state index contributed by atoms with van der Waals surface area (Å²) in [6, 6.07) is 1.24. The van der Waals surface area contributed by atoms with E-state index < -0.39 is 11.7 Å². The van der Waals surface area contributed by atoms with Crippen LogP contribution in [0.4, 0.5) is 19.0 Å². The van der Waals surface area contributed by atoms with E-state index in [-0.39, 0.29) is 5.02 Å². The van der Waals surface area contributed by atoms with Crippen molar-refractivity contribution in [2.75, 3.05) is 26.0 Å². The maximum atomic E-state index is 12.5. The first-order valence-corrected chi connectivity index (χ1v) is 6.80. The van der Waals surface area contributed by atoms with Gasteiger partial charge >= 0.3 is 6.18 Å². The van der Waals surface area contributed by atoms with Crippen LogP contribution in [-0.4, -0.2) is 36.6 Å². The molecule has 1 N–H and O–H groups in total. The van der Waals surface area contributed by atoms with Gasteiger partial charge in [-0.3, -0.25) is 0 Å². The summed E-state index contributed by atoms with van der Waals surface area (Å²) in [4.78, 5) is 5.89. The molecule has 1 aromatic rings. The number of hydrogen-bond donors (Lipinski definition) is 1. The van der Waals surface area contributed by atoms with Gasteiger partial charge in [0.15, 0.2) is 0 Å². The van der Waals surface area contributed by atoms with Crippen LogP contribution in [0.5, 0.6) is 0 Å². The third-order valence-corrected chi connectivity index (χ3v) is 3.76. The summed E-state index contributed by atoms with van der Waals surface area (Å²) in [5, 5.41) is 3.04. The highest BCUT2D eigenvalue weighted by Gasteiger charge is 2.33. The summed E-state index contributed by atoms with van der Waals surface area (Å²) < 4.78 is 37.5. The lowest BCUT2D eigenvalue weighted by molar-refractivity contribution is -0.137. The van der Waals surface area contributed by atoms with E-state index in [1.54, 1.807) is 0 Å². The molecule has 0 amide bonds. The highest BCUT2D eigenvalue weighted by Crippen LogP contribution is 2.35. The van der Waals surface area contributed by atoms with Crippen LogP contribution >= 0.6 is 11.6 Å². The van der Waals surface area contributed by atoms with Crippen molar-refractivity contribution in [3.8, 4) is 0 Å². The minimum absolute atomic E-state index is 0.00636. The van der Waals surface area contributed by atoms with Crippen LogP contribution in [0, 0.1) is 5.92 Å². The molecule has 1 unspecified atom stereocenters. The number of nitrogens with zero attached hydrogens (tertiary/aromatic N) is 2. The molecule has 0 radical (unpaired) electrons. The van der Waals surface area contributed by atoms with Gasteiger partial charge in [-0.25, -0.2) is 4.98 Å². The van der Waals surface area contributed by atoms with Crippen molar-refractivity contribution >= 4 is 17.4 Å². The normalized spacial score (nSPS) is 17.4. The largest absolute Gasteiger partial charge is 0.417 e. The van der Waals surface area contributed by atoms with E-state index in [9.17, 15) is 13.2 Å². The van der Waals surface area contributed by atoms with Crippen LogP contribution in [0.25, 0.3) is 0 Å². The fourth-order valence-corrected chi connectivity index (χ4v) is 2.41. The molecule has 2 rings (SSSR count). The summed E-state index contributed by atoms with van der Waals surface area (Å²) in [5.41, 5.74) is -0.834. The predicted molar refractivity (Wildman–Crippen MR) is 72.9 cm³/mol. The molecular weight excluding hydrogens is 291 g/mol. The molecular formula is C13H17ClF3N3. The van der Waals surface area contributed by atoms with Gasteiger partial charge in [-0.2, -0.15) is 13.2 Å². The first kappa shape index (κ1) is 15.4. The lowest BCUT2D eigenvalue weighted by atomic mass is 10.1. The molecule has 0 aliphatic heterocycles. The van der Waals surface area contributed by atoms with Gasteiger partial charge < -0.3 is 10.2 Å². The number of rotatable bonds is 5. The van der Waals surface area contributed by atoms with Crippen molar-refractivity contribution < 1.29 is 13.2 Å². The Morgan fingerprint density at radius 1 is 1.45 bits per heavy atom. The lowest BCUT2D eigenvalue weighted by Crippen LogP contribution is -2.36. The number of anilines is 1. The number of aromatic nitrogens is 1. The lowest BCUT2D eigenvalue weighted by Gasteiger charge is -2.24. The number of alkyl halides is 3. The van der Waals surface area contributed by atoms with Gasteiger partial charge in [0, 0.05) is 18.8 Å². The Morgan fingerprint density at radius 2 is 2.10 bits per heavy atom. The van der Waals surface area contributed by atoms with Crippen molar-refractivity contribution in [1.29, 1.82) is 0 Å². The van der Waals surface area contributed by atoms with Crippen LogP contribution in [0.1, 0.15) is 18.4 Å². The fourth-order valence-electron chi connectivity index (χ4n) is 2.18. The van der Waals surface area contributed by atoms with Gasteiger partial charge in [-0.1, -0.05) is 11.6 Å². The molecule has 1 atom stereocenters. The molecule has 20 heavy (non-hydrogen) atoms. The van der Waals surface area contributed by atoms with E-state index in [4.69, 9.17) is 11.6 Å². The molecule has 1 aromatic heterocycles. The van der Waals surface area contributed by atoms with Crippen LogP contribution < -0.4 is 5.32 Å².